The topological polar surface area (TPSA) is 69.6 Å². The van der Waals surface area contributed by atoms with Gasteiger partial charge in [0.2, 0.25) is 5.91 Å². The predicted octanol–water partition coefficient (Wildman–Crippen LogP) is 1.70. The molecule has 1 fully saturated rings. The minimum Gasteiger partial charge on any atom is -0.507 e. The van der Waals surface area contributed by atoms with Crippen LogP contribution in [0.15, 0.2) is 18.2 Å². The summed E-state index contributed by atoms with van der Waals surface area (Å²) in [4.78, 5) is 25.3. The van der Waals surface area contributed by atoms with E-state index in [2.05, 4.69) is 5.32 Å². The van der Waals surface area contributed by atoms with Crippen LogP contribution in [0.3, 0.4) is 0 Å². The number of phenolic OH excluding ortho intramolecular Hbond substituents is 1. The average Bonchev–Trinajstić information content (AvgIpc) is 2.89. The minimum atomic E-state index is -0.268. The molecule has 0 saturated carbocycles. The van der Waals surface area contributed by atoms with Gasteiger partial charge >= 0.3 is 0 Å². The summed E-state index contributed by atoms with van der Waals surface area (Å²) in [5.74, 6) is -0.0652. The van der Waals surface area contributed by atoms with Crippen LogP contribution in [0.2, 0.25) is 0 Å². The van der Waals surface area contributed by atoms with Gasteiger partial charge in [0, 0.05) is 26.1 Å². The molecule has 2 rings (SSSR count). The highest BCUT2D eigenvalue weighted by Gasteiger charge is 2.19. The number of aryl methyl sites for hydroxylation is 1. The van der Waals surface area contributed by atoms with Crippen LogP contribution in [0.5, 0.6) is 5.75 Å². The minimum absolute atomic E-state index is 0.000536. The Morgan fingerprint density at radius 2 is 2.24 bits per heavy atom. The monoisotopic (exact) mass is 290 g/mol. The molecule has 1 heterocycles. The van der Waals surface area contributed by atoms with Crippen molar-refractivity contribution in [3.05, 3.63) is 29.3 Å². The van der Waals surface area contributed by atoms with Crippen molar-refractivity contribution < 1.29 is 14.7 Å². The third-order valence-electron chi connectivity index (χ3n) is 3.78. The molecule has 5 nitrogen and oxygen atoms in total. The lowest BCUT2D eigenvalue weighted by molar-refractivity contribution is -0.127. The molecule has 114 valence electrons. The zero-order valence-corrected chi connectivity index (χ0v) is 12.4. The van der Waals surface area contributed by atoms with Gasteiger partial charge in [-0.25, -0.2) is 0 Å². The van der Waals surface area contributed by atoms with Crippen LogP contribution in [-0.2, 0) is 11.2 Å². The maximum atomic E-state index is 12.0. The van der Waals surface area contributed by atoms with Crippen LogP contribution in [0.4, 0.5) is 0 Å². The molecule has 0 spiro atoms. The molecule has 0 unspecified atom stereocenters. The fourth-order valence-corrected chi connectivity index (χ4v) is 2.49. The average molecular weight is 290 g/mol. The molecule has 2 amide bonds. The van der Waals surface area contributed by atoms with Crippen molar-refractivity contribution in [1.29, 1.82) is 0 Å². The number of nitrogens with one attached hydrogen (secondary N) is 1. The molecule has 1 aliphatic rings. The summed E-state index contributed by atoms with van der Waals surface area (Å²) in [6.45, 7) is 4.01. The number of amides is 2. The SMILES string of the molecule is CCc1ccc(O)c(C(=O)NCCCN2CCCC2=O)c1. The van der Waals surface area contributed by atoms with E-state index in [-0.39, 0.29) is 17.6 Å². The fraction of sp³-hybridized carbons (Fsp3) is 0.500. The smallest absolute Gasteiger partial charge is 0.255 e. The summed E-state index contributed by atoms with van der Waals surface area (Å²) >= 11 is 0. The molecule has 0 aromatic heterocycles. The molecule has 0 radical (unpaired) electrons. The maximum absolute atomic E-state index is 12.0. The summed E-state index contributed by atoms with van der Waals surface area (Å²) < 4.78 is 0. The van der Waals surface area contributed by atoms with E-state index in [1.54, 1.807) is 12.1 Å². The number of hydrogen-bond donors (Lipinski definition) is 2. The van der Waals surface area contributed by atoms with Gasteiger partial charge in [0.25, 0.3) is 5.91 Å². The van der Waals surface area contributed by atoms with E-state index in [9.17, 15) is 14.7 Å². The van der Waals surface area contributed by atoms with Gasteiger partial charge in [-0.2, -0.15) is 0 Å². The van der Waals surface area contributed by atoms with Crippen LogP contribution in [-0.4, -0.2) is 41.5 Å². The number of hydrogen-bond acceptors (Lipinski definition) is 3. The van der Waals surface area contributed by atoms with Crippen molar-refractivity contribution in [2.75, 3.05) is 19.6 Å². The molecular formula is C16H22N2O3. The highest BCUT2D eigenvalue weighted by Crippen LogP contribution is 2.18. The van der Waals surface area contributed by atoms with Gasteiger partial charge in [-0.15, -0.1) is 0 Å². The van der Waals surface area contributed by atoms with Crippen molar-refractivity contribution in [3.63, 3.8) is 0 Å². The Hall–Kier alpha value is -2.04. The van der Waals surface area contributed by atoms with E-state index < -0.39 is 0 Å². The van der Waals surface area contributed by atoms with Crippen LogP contribution < -0.4 is 5.32 Å². The highest BCUT2D eigenvalue weighted by atomic mass is 16.3. The Morgan fingerprint density at radius 3 is 2.90 bits per heavy atom. The number of phenols is 1. The van der Waals surface area contributed by atoms with E-state index >= 15 is 0 Å². The third kappa shape index (κ3) is 3.97. The van der Waals surface area contributed by atoms with Gasteiger partial charge in [-0.1, -0.05) is 13.0 Å². The molecule has 5 heteroatoms. The summed E-state index contributed by atoms with van der Waals surface area (Å²) in [6, 6.07) is 5.08. The second kappa shape index (κ2) is 7.11. The van der Waals surface area contributed by atoms with Crippen molar-refractivity contribution in [3.8, 4) is 5.75 Å². The quantitative estimate of drug-likeness (QED) is 0.783. The fourth-order valence-electron chi connectivity index (χ4n) is 2.49. The van der Waals surface area contributed by atoms with Gasteiger partial charge < -0.3 is 15.3 Å². The summed E-state index contributed by atoms with van der Waals surface area (Å²) in [5, 5.41) is 12.5. The Labute approximate surface area is 125 Å². The molecule has 1 aromatic carbocycles. The lowest BCUT2D eigenvalue weighted by Gasteiger charge is -2.15. The van der Waals surface area contributed by atoms with Crippen LogP contribution in [0.25, 0.3) is 0 Å². The number of carbonyl (C=O) groups is 2. The first-order valence-corrected chi connectivity index (χ1v) is 7.49. The normalized spacial score (nSPS) is 14.5. The van der Waals surface area contributed by atoms with Crippen LogP contribution in [0, 0.1) is 0 Å². The van der Waals surface area contributed by atoms with Gasteiger partial charge in [0.05, 0.1) is 5.56 Å². The Balaban J connectivity index is 1.80. The summed E-state index contributed by atoms with van der Waals surface area (Å²) in [7, 11) is 0. The molecule has 21 heavy (non-hydrogen) atoms. The number of rotatable bonds is 6. The molecular weight excluding hydrogens is 268 g/mol. The molecule has 0 bridgehead atoms. The van der Waals surface area contributed by atoms with E-state index in [0.29, 0.717) is 25.1 Å². The number of aromatic hydroxyl groups is 1. The predicted molar refractivity (Wildman–Crippen MR) is 80.2 cm³/mol. The zero-order valence-electron chi connectivity index (χ0n) is 12.4. The van der Waals surface area contributed by atoms with E-state index in [4.69, 9.17) is 0 Å². The first-order chi connectivity index (χ1) is 10.1. The first-order valence-electron chi connectivity index (χ1n) is 7.49. The third-order valence-corrected chi connectivity index (χ3v) is 3.78. The number of nitrogens with zero attached hydrogens (tertiary/aromatic N) is 1. The molecule has 2 N–H and O–H groups in total. The Kier molecular flexibility index (Phi) is 5.20. The van der Waals surface area contributed by atoms with Crippen molar-refractivity contribution in [2.24, 2.45) is 0 Å². The molecule has 0 atom stereocenters. The standard InChI is InChI=1S/C16H22N2O3/c1-2-12-6-7-14(19)13(11-12)16(21)17-8-4-10-18-9-3-5-15(18)20/h6-7,11,19H,2-5,8-10H2,1H3,(H,17,21). The van der Waals surface area contributed by atoms with Crippen LogP contribution in [0.1, 0.15) is 42.1 Å². The lowest BCUT2D eigenvalue weighted by Crippen LogP contribution is -2.30. The second-order valence-corrected chi connectivity index (χ2v) is 5.30. The van der Waals surface area contributed by atoms with Gasteiger partial charge in [-0.05, 0) is 37.0 Å². The van der Waals surface area contributed by atoms with Crippen molar-refractivity contribution in [1.82, 2.24) is 10.2 Å². The van der Waals surface area contributed by atoms with E-state index in [1.807, 2.05) is 17.9 Å². The number of likely N-dealkylation sites (tertiary alicyclic amines) is 1. The Bertz CT molecular complexity index is 528. The second-order valence-electron chi connectivity index (χ2n) is 5.30. The van der Waals surface area contributed by atoms with E-state index in [0.717, 1.165) is 31.4 Å². The Morgan fingerprint density at radius 1 is 1.43 bits per heavy atom. The lowest BCUT2D eigenvalue weighted by atomic mass is 10.1. The first kappa shape index (κ1) is 15.4. The zero-order chi connectivity index (χ0) is 15.2. The van der Waals surface area contributed by atoms with E-state index in [1.165, 1.54) is 0 Å². The van der Waals surface area contributed by atoms with Gasteiger partial charge in [0.1, 0.15) is 5.75 Å². The van der Waals surface area contributed by atoms with Crippen LogP contribution >= 0.6 is 0 Å². The molecule has 1 aromatic rings. The van der Waals surface area contributed by atoms with Crippen molar-refractivity contribution >= 4 is 11.8 Å². The summed E-state index contributed by atoms with van der Waals surface area (Å²) in [5.41, 5.74) is 1.33. The molecule has 1 aliphatic heterocycles. The number of benzene rings is 1. The molecule has 1 saturated heterocycles. The highest BCUT2D eigenvalue weighted by molar-refractivity contribution is 5.97. The van der Waals surface area contributed by atoms with Crippen molar-refractivity contribution in [2.45, 2.75) is 32.6 Å². The largest absolute Gasteiger partial charge is 0.507 e. The van der Waals surface area contributed by atoms with Gasteiger partial charge in [0.15, 0.2) is 0 Å². The van der Waals surface area contributed by atoms with Gasteiger partial charge in [-0.3, -0.25) is 9.59 Å². The summed E-state index contributed by atoms with van der Waals surface area (Å²) in [6.07, 6.45) is 3.12. The molecule has 0 aliphatic carbocycles. The maximum Gasteiger partial charge on any atom is 0.255 e. The number of carbonyl (C=O) groups excluding carboxylic acids is 2.